The van der Waals surface area contributed by atoms with Crippen LogP contribution in [0.4, 0.5) is 5.69 Å². The van der Waals surface area contributed by atoms with Gasteiger partial charge in [-0.3, -0.25) is 14.8 Å². The first-order valence-electron chi connectivity index (χ1n) is 5.22. The van der Waals surface area contributed by atoms with E-state index < -0.39 is 5.91 Å². The predicted octanol–water partition coefficient (Wildman–Crippen LogP) is 0.667. The number of hydroxylamine groups is 1. The molecule has 0 spiro atoms. The van der Waals surface area contributed by atoms with Crippen LogP contribution in [0.2, 0.25) is 0 Å². The minimum atomic E-state index is -0.588. The van der Waals surface area contributed by atoms with Crippen LogP contribution in [0.25, 0.3) is 0 Å². The van der Waals surface area contributed by atoms with E-state index >= 15 is 0 Å². The van der Waals surface area contributed by atoms with Crippen LogP contribution in [0, 0.1) is 0 Å². The molecule has 0 bridgehead atoms. The maximum absolute atomic E-state index is 11.3. The molecule has 2 rings (SSSR count). The minimum Gasteiger partial charge on any atom is -0.398 e. The van der Waals surface area contributed by atoms with E-state index in [2.05, 4.69) is 21.9 Å². The molecule has 100 valence electrons. The van der Waals surface area contributed by atoms with Gasteiger partial charge in [0.2, 0.25) is 0 Å². The van der Waals surface area contributed by atoms with E-state index in [1.807, 2.05) is 24.3 Å². The van der Waals surface area contributed by atoms with Gasteiger partial charge in [-0.05, 0) is 12.1 Å². The second kappa shape index (κ2) is 6.92. The third-order valence-electron chi connectivity index (χ3n) is 2.12. The van der Waals surface area contributed by atoms with Gasteiger partial charge in [-0.1, -0.05) is 29.9 Å². The number of nitrogens with zero attached hydrogens (tertiary/aromatic N) is 1. The normalized spacial score (nSPS) is 13.8. The Hall–Kier alpha value is -2.67. The Kier molecular flexibility index (Phi) is 5.24. The van der Waals surface area contributed by atoms with Crippen LogP contribution in [0.1, 0.15) is 5.56 Å². The zero-order valence-corrected chi connectivity index (χ0v) is 10.2. The van der Waals surface area contributed by atoms with Gasteiger partial charge in [0.05, 0.1) is 5.69 Å². The molecule has 0 aliphatic carbocycles. The summed E-state index contributed by atoms with van der Waals surface area (Å²) in [6.07, 6.45) is 0.972. The van der Waals surface area contributed by atoms with Crippen LogP contribution in [0.5, 0.6) is 0 Å². The molecular weight excluding hydrogens is 250 g/mol. The van der Waals surface area contributed by atoms with Crippen molar-refractivity contribution in [1.29, 1.82) is 0 Å². The zero-order chi connectivity index (χ0) is 14.3. The van der Waals surface area contributed by atoms with Crippen molar-refractivity contribution < 1.29 is 19.6 Å². The Balaban J connectivity index is 0.000000258. The average molecular weight is 263 g/mol. The Morgan fingerprint density at radius 1 is 1.53 bits per heavy atom. The second-order valence-corrected chi connectivity index (χ2v) is 3.30. The summed E-state index contributed by atoms with van der Waals surface area (Å²) in [5.74, 6) is -0.807. The van der Waals surface area contributed by atoms with Gasteiger partial charge in [0.15, 0.2) is 5.71 Å². The van der Waals surface area contributed by atoms with Crippen molar-refractivity contribution in [3.63, 3.8) is 0 Å². The quantitative estimate of drug-likeness (QED) is 0.414. The molecule has 1 aliphatic heterocycles. The number of benzene rings is 1. The molecule has 0 saturated carbocycles. The highest BCUT2D eigenvalue weighted by Crippen LogP contribution is 2.22. The molecule has 1 heterocycles. The van der Waals surface area contributed by atoms with Crippen molar-refractivity contribution in [2.24, 2.45) is 5.16 Å². The molecule has 2 amide bonds. The van der Waals surface area contributed by atoms with Gasteiger partial charge in [-0.15, -0.1) is 0 Å². The Labute approximate surface area is 109 Å². The first-order chi connectivity index (χ1) is 9.13. The highest BCUT2D eigenvalue weighted by molar-refractivity contribution is 6.53. The number of nitrogens with one attached hydrogen (secondary N) is 2. The molecular formula is C12H13N3O4. The van der Waals surface area contributed by atoms with Crippen LogP contribution >= 0.6 is 0 Å². The molecule has 0 atom stereocenters. The van der Waals surface area contributed by atoms with Crippen molar-refractivity contribution >= 4 is 23.2 Å². The molecule has 0 saturated heterocycles. The van der Waals surface area contributed by atoms with Crippen LogP contribution in [-0.2, 0) is 14.4 Å². The van der Waals surface area contributed by atoms with Crippen molar-refractivity contribution in [3.05, 3.63) is 42.5 Å². The molecule has 0 fully saturated rings. The SMILES string of the molecule is C=CC(=O)NO.CON=C1C(=O)Nc2ccccc21. The lowest BCUT2D eigenvalue weighted by Crippen LogP contribution is -2.14. The lowest BCUT2D eigenvalue weighted by molar-refractivity contribution is -0.124. The lowest BCUT2D eigenvalue weighted by Gasteiger charge is -1.94. The van der Waals surface area contributed by atoms with Crippen molar-refractivity contribution in [2.75, 3.05) is 12.4 Å². The number of fused-ring (bicyclic) bond motifs is 1. The van der Waals surface area contributed by atoms with E-state index in [0.717, 1.165) is 17.3 Å². The van der Waals surface area contributed by atoms with Crippen LogP contribution < -0.4 is 10.8 Å². The molecule has 3 N–H and O–H groups in total. The van der Waals surface area contributed by atoms with Crippen molar-refractivity contribution in [2.45, 2.75) is 0 Å². The average Bonchev–Trinajstić information content (AvgIpc) is 2.75. The van der Waals surface area contributed by atoms with Gasteiger partial charge in [0.25, 0.3) is 11.8 Å². The fraction of sp³-hybridized carbons (Fsp3) is 0.0833. The van der Waals surface area contributed by atoms with Gasteiger partial charge in [0.1, 0.15) is 7.11 Å². The number of carbonyl (C=O) groups excluding carboxylic acids is 2. The van der Waals surface area contributed by atoms with Crippen LogP contribution in [0.3, 0.4) is 0 Å². The second-order valence-electron chi connectivity index (χ2n) is 3.30. The van der Waals surface area contributed by atoms with E-state index in [-0.39, 0.29) is 5.91 Å². The summed E-state index contributed by atoms with van der Waals surface area (Å²) in [5.41, 5.74) is 3.26. The molecule has 1 aliphatic rings. The summed E-state index contributed by atoms with van der Waals surface area (Å²) < 4.78 is 0. The highest BCUT2D eigenvalue weighted by atomic mass is 16.6. The molecule has 0 unspecified atom stereocenters. The van der Waals surface area contributed by atoms with Crippen LogP contribution in [-0.4, -0.2) is 29.8 Å². The summed E-state index contributed by atoms with van der Waals surface area (Å²) in [7, 11) is 1.42. The molecule has 0 aromatic heterocycles. The summed E-state index contributed by atoms with van der Waals surface area (Å²) in [4.78, 5) is 25.6. The monoisotopic (exact) mass is 263 g/mol. The van der Waals surface area contributed by atoms with Crippen molar-refractivity contribution in [1.82, 2.24) is 5.48 Å². The predicted molar refractivity (Wildman–Crippen MR) is 68.7 cm³/mol. The van der Waals surface area contributed by atoms with Crippen LogP contribution in [0.15, 0.2) is 42.1 Å². The maximum Gasteiger partial charge on any atom is 0.278 e. The molecule has 19 heavy (non-hydrogen) atoms. The number of anilines is 1. The number of para-hydroxylation sites is 1. The maximum atomic E-state index is 11.3. The summed E-state index contributed by atoms with van der Waals surface area (Å²) >= 11 is 0. The molecule has 1 aromatic rings. The highest BCUT2D eigenvalue weighted by Gasteiger charge is 2.25. The van der Waals surface area contributed by atoms with E-state index in [1.165, 1.54) is 12.6 Å². The first kappa shape index (κ1) is 14.4. The van der Waals surface area contributed by atoms with Crippen molar-refractivity contribution in [3.8, 4) is 0 Å². The van der Waals surface area contributed by atoms with Gasteiger partial charge in [0, 0.05) is 5.56 Å². The number of hydrogen-bond donors (Lipinski definition) is 3. The summed E-state index contributed by atoms with van der Waals surface area (Å²) in [5, 5.41) is 14.0. The molecule has 1 aromatic carbocycles. The van der Waals surface area contributed by atoms with Gasteiger partial charge < -0.3 is 10.2 Å². The van der Waals surface area contributed by atoms with Gasteiger partial charge in [-0.25, -0.2) is 5.48 Å². The van der Waals surface area contributed by atoms with Gasteiger partial charge >= 0.3 is 0 Å². The summed E-state index contributed by atoms with van der Waals surface area (Å²) in [6, 6.07) is 7.36. The van der Waals surface area contributed by atoms with E-state index in [0.29, 0.717) is 5.71 Å². The standard InChI is InChI=1S/C9H8N2O2.C3H5NO2/c1-13-11-8-6-4-2-3-5-7(6)10-9(8)12;1-2-3(5)4-6/h2-5H,1H3,(H,10,11,12);2,6H,1H2,(H,4,5). The number of rotatable bonds is 2. The Bertz CT molecular complexity index is 525. The van der Waals surface area contributed by atoms with E-state index in [9.17, 15) is 9.59 Å². The molecule has 7 heteroatoms. The van der Waals surface area contributed by atoms with E-state index in [4.69, 9.17) is 5.21 Å². The fourth-order valence-corrected chi connectivity index (χ4v) is 1.33. The Morgan fingerprint density at radius 3 is 2.74 bits per heavy atom. The zero-order valence-electron chi connectivity index (χ0n) is 10.2. The third kappa shape index (κ3) is 3.65. The minimum absolute atomic E-state index is 0.219. The van der Waals surface area contributed by atoms with Gasteiger partial charge in [-0.2, -0.15) is 0 Å². The molecule has 7 nitrogen and oxygen atoms in total. The molecule has 0 radical (unpaired) electrons. The largest absolute Gasteiger partial charge is 0.398 e. The first-order valence-corrected chi connectivity index (χ1v) is 5.22. The van der Waals surface area contributed by atoms with E-state index in [1.54, 1.807) is 0 Å². The number of hydrogen-bond acceptors (Lipinski definition) is 5. The Morgan fingerprint density at radius 2 is 2.21 bits per heavy atom. The fourth-order valence-electron chi connectivity index (χ4n) is 1.33. The third-order valence-corrected chi connectivity index (χ3v) is 2.12. The smallest absolute Gasteiger partial charge is 0.278 e. The topological polar surface area (TPSA) is 100 Å². The number of oxime groups is 1. The number of carbonyl (C=O) groups is 2. The lowest BCUT2D eigenvalue weighted by atomic mass is 10.1. The summed E-state index contributed by atoms with van der Waals surface area (Å²) in [6.45, 7) is 3.06. The number of amides is 2.